The Morgan fingerprint density at radius 1 is 0.886 bits per heavy atom. The summed E-state index contributed by atoms with van der Waals surface area (Å²) in [4.78, 5) is 84.4. The third-order valence-corrected chi connectivity index (χ3v) is 8.15. The van der Waals surface area contributed by atoms with E-state index >= 15 is 0 Å². The highest BCUT2D eigenvalue weighted by Gasteiger charge is 2.41. The molecule has 5 atom stereocenters. The molecule has 13 heteroatoms. The number of carboxylic acid groups (broad SMARTS) is 1. The van der Waals surface area contributed by atoms with E-state index < -0.39 is 72.1 Å². The molecule has 2 aliphatic heterocycles. The van der Waals surface area contributed by atoms with Gasteiger partial charge in [0, 0.05) is 30.1 Å². The number of benzene rings is 1. The van der Waals surface area contributed by atoms with E-state index in [1.807, 2.05) is 38.1 Å². The number of hydrogen-bond acceptors (Lipinski definition) is 6. The van der Waals surface area contributed by atoms with Crippen LogP contribution in [-0.2, 0) is 35.2 Å². The van der Waals surface area contributed by atoms with Crippen LogP contribution in [0.25, 0.3) is 10.9 Å². The molecule has 6 N–H and O–H groups in total. The number of aromatic nitrogens is 1. The Morgan fingerprint density at radius 2 is 1.55 bits per heavy atom. The predicted molar refractivity (Wildman–Crippen MR) is 161 cm³/mol. The molecule has 1 aromatic carbocycles. The van der Waals surface area contributed by atoms with Gasteiger partial charge in [0.2, 0.25) is 29.5 Å². The van der Waals surface area contributed by atoms with Crippen LogP contribution in [-0.4, -0.2) is 87.2 Å². The Kier molecular flexibility index (Phi) is 10.3. The first-order valence-corrected chi connectivity index (χ1v) is 15.1. The second kappa shape index (κ2) is 13.9. The normalized spacial score (nSPS) is 25.6. The van der Waals surface area contributed by atoms with Crippen LogP contribution in [0.15, 0.2) is 30.5 Å². The zero-order valence-corrected chi connectivity index (χ0v) is 25.5. The molecule has 0 unspecified atom stereocenters. The fraction of sp³-hybridized carbons (Fsp3) is 0.548. The number of fused-ring (bicyclic) bond motifs is 2. The maximum absolute atomic E-state index is 13.8. The third-order valence-electron chi connectivity index (χ3n) is 8.15. The number of nitrogens with one attached hydrogen (secondary N) is 5. The minimum absolute atomic E-state index is 0.00858. The van der Waals surface area contributed by atoms with Crippen LogP contribution >= 0.6 is 0 Å². The number of rotatable bonds is 7. The van der Waals surface area contributed by atoms with Gasteiger partial charge in [-0.1, -0.05) is 45.9 Å². The molecule has 0 spiro atoms. The van der Waals surface area contributed by atoms with Gasteiger partial charge in [-0.15, -0.1) is 0 Å². The Bertz CT molecular complexity index is 1420. The molecule has 238 valence electrons. The lowest BCUT2D eigenvalue weighted by atomic mass is 9.98. The first-order valence-electron chi connectivity index (χ1n) is 15.1. The average Bonchev–Trinajstić information content (AvgIpc) is 3.61. The lowest BCUT2D eigenvalue weighted by molar-refractivity contribution is -0.146. The molecule has 2 aromatic rings. The topological polar surface area (TPSA) is 190 Å². The van der Waals surface area contributed by atoms with Gasteiger partial charge in [-0.05, 0) is 42.7 Å². The second-order valence-electron chi connectivity index (χ2n) is 12.4. The lowest BCUT2D eigenvalue weighted by Gasteiger charge is -2.30. The second-order valence-corrected chi connectivity index (χ2v) is 12.4. The molecule has 3 heterocycles. The van der Waals surface area contributed by atoms with E-state index in [4.69, 9.17) is 0 Å². The van der Waals surface area contributed by atoms with Gasteiger partial charge in [-0.25, -0.2) is 0 Å². The first kappa shape index (κ1) is 32.5. The van der Waals surface area contributed by atoms with Gasteiger partial charge >= 0.3 is 5.97 Å². The number of hydrogen-bond donors (Lipinski definition) is 6. The summed E-state index contributed by atoms with van der Waals surface area (Å²) in [6, 6.07) is 1.79. The summed E-state index contributed by atoms with van der Waals surface area (Å²) in [5, 5.41) is 21.3. The SMILES string of the molecule is CC(C)C[C@@H]1NC(=O)[C@@H](C(C)C)NC(=O)[C@@H]2CCCN2C(=O)[C@H](CC(=O)O)NC(=O)[C@H](Cc2c[nH]c3ccccc23)NC1=O. The summed E-state index contributed by atoms with van der Waals surface area (Å²) < 4.78 is 0. The number of carboxylic acids is 1. The van der Waals surface area contributed by atoms with E-state index in [2.05, 4.69) is 26.3 Å². The average molecular weight is 611 g/mol. The summed E-state index contributed by atoms with van der Waals surface area (Å²) >= 11 is 0. The predicted octanol–water partition coefficient (Wildman–Crippen LogP) is 0.831. The number of H-pyrrole nitrogens is 1. The summed E-state index contributed by atoms with van der Waals surface area (Å²) in [5.41, 5.74) is 1.55. The number of aromatic amines is 1. The van der Waals surface area contributed by atoms with Crippen molar-refractivity contribution in [2.45, 2.75) is 90.0 Å². The van der Waals surface area contributed by atoms with Crippen molar-refractivity contribution in [3.05, 3.63) is 36.0 Å². The minimum atomic E-state index is -1.48. The number of carbonyl (C=O) groups excluding carboxylic acids is 5. The highest BCUT2D eigenvalue weighted by molar-refractivity contribution is 5.99. The maximum Gasteiger partial charge on any atom is 0.305 e. The van der Waals surface area contributed by atoms with Crippen molar-refractivity contribution in [2.75, 3.05) is 6.54 Å². The number of amides is 5. The summed E-state index contributed by atoms with van der Waals surface area (Å²) in [6.07, 6.45) is 2.11. The number of para-hydroxylation sites is 1. The Hall–Kier alpha value is -4.42. The molecular weight excluding hydrogens is 568 g/mol. The van der Waals surface area contributed by atoms with Crippen molar-refractivity contribution in [2.24, 2.45) is 11.8 Å². The smallest absolute Gasteiger partial charge is 0.305 e. The molecule has 0 radical (unpaired) electrons. The number of nitrogens with zero attached hydrogens (tertiary/aromatic N) is 1. The van der Waals surface area contributed by atoms with Gasteiger partial charge in [0.25, 0.3) is 0 Å². The monoisotopic (exact) mass is 610 g/mol. The van der Waals surface area contributed by atoms with Crippen molar-refractivity contribution < 1.29 is 33.9 Å². The number of carbonyl (C=O) groups is 6. The van der Waals surface area contributed by atoms with E-state index in [0.29, 0.717) is 12.8 Å². The van der Waals surface area contributed by atoms with E-state index in [1.165, 1.54) is 4.90 Å². The van der Waals surface area contributed by atoms with Crippen LogP contribution in [0.4, 0.5) is 0 Å². The fourth-order valence-corrected chi connectivity index (χ4v) is 5.90. The van der Waals surface area contributed by atoms with Gasteiger partial charge < -0.3 is 36.3 Å². The Balaban J connectivity index is 1.76. The van der Waals surface area contributed by atoms with Gasteiger partial charge in [0.15, 0.2) is 0 Å². The summed E-state index contributed by atoms with van der Waals surface area (Å²) in [5.74, 6) is -4.86. The molecule has 13 nitrogen and oxygen atoms in total. The van der Waals surface area contributed by atoms with Crippen LogP contribution in [0, 0.1) is 11.8 Å². The highest BCUT2D eigenvalue weighted by atomic mass is 16.4. The van der Waals surface area contributed by atoms with Crippen molar-refractivity contribution in [3.63, 3.8) is 0 Å². The Morgan fingerprint density at radius 3 is 2.23 bits per heavy atom. The summed E-state index contributed by atoms with van der Waals surface area (Å²) in [7, 11) is 0. The molecule has 4 rings (SSSR count). The molecule has 5 amide bonds. The van der Waals surface area contributed by atoms with Crippen LogP contribution in [0.2, 0.25) is 0 Å². The molecule has 2 saturated heterocycles. The van der Waals surface area contributed by atoms with Crippen molar-refractivity contribution >= 4 is 46.4 Å². The first-order chi connectivity index (χ1) is 20.8. The summed E-state index contributed by atoms with van der Waals surface area (Å²) in [6.45, 7) is 7.49. The Labute approximate surface area is 255 Å². The van der Waals surface area contributed by atoms with Gasteiger partial charge in [0.1, 0.15) is 30.2 Å². The van der Waals surface area contributed by atoms with E-state index in [1.54, 1.807) is 20.0 Å². The molecular formula is C31H42N6O7. The molecule has 0 aliphatic carbocycles. The van der Waals surface area contributed by atoms with Crippen molar-refractivity contribution in [1.29, 1.82) is 0 Å². The molecule has 2 aliphatic rings. The molecule has 0 bridgehead atoms. The minimum Gasteiger partial charge on any atom is -0.481 e. The molecule has 1 aromatic heterocycles. The molecule has 0 saturated carbocycles. The van der Waals surface area contributed by atoms with Crippen LogP contribution < -0.4 is 21.3 Å². The van der Waals surface area contributed by atoms with E-state index in [9.17, 15) is 33.9 Å². The molecule has 44 heavy (non-hydrogen) atoms. The van der Waals surface area contributed by atoms with E-state index in [-0.39, 0.29) is 31.2 Å². The standard InChI is InChI=1S/C31H42N6O7/c1-16(2)12-21-27(40)33-22(13-18-15-32-20-9-6-5-8-19(18)20)28(41)35-23(14-25(38)39)31(44)37-11-7-10-24(37)29(42)36-26(17(3)4)30(43)34-21/h5-6,8-9,15-17,21-24,26,32H,7,10-14H2,1-4H3,(H,33,40)(H,34,43)(H,35,41)(H,36,42)(H,38,39)/t21-,22-,23-,24-,26+/m0/s1. The van der Waals surface area contributed by atoms with E-state index in [0.717, 1.165) is 16.5 Å². The number of aliphatic carboxylic acids is 1. The van der Waals surface area contributed by atoms with Crippen LogP contribution in [0.3, 0.4) is 0 Å². The van der Waals surface area contributed by atoms with Crippen molar-refractivity contribution in [3.8, 4) is 0 Å². The fourth-order valence-electron chi connectivity index (χ4n) is 5.90. The van der Waals surface area contributed by atoms with Gasteiger partial charge in [-0.2, -0.15) is 0 Å². The van der Waals surface area contributed by atoms with Gasteiger partial charge in [-0.3, -0.25) is 28.8 Å². The van der Waals surface area contributed by atoms with Crippen LogP contribution in [0.1, 0.15) is 58.9 Å². The maximum atomic E-state index is 13.8. The zero-order valence-electron chi connectivity index (χ0n) is 25.5. The zero-order chi connectivity index (χ0) is 32.1. The van der Waals surface area contributed by atoms with Gasteiger partial charge in [0.05, 0.1) is 6.42 Å². The van der Waals surface area contributed by atoms with Crippen LogP contribution in [0.5, 0.6) is 0 Å². The van der Waals surface area contributed by atoms with Crippen molar-refractivity contribution in [1.82, 2.24) is 31.2 Å². The lowest BCUT2D eigenvalue weighted by Crippen LogP contribution is -2.59. The highest BCUT2D eigenvalue weighted by Crippen LogP contribution is 2.22. The third kappa shape index (κ3) is 7.56. The molecule has 2 fully saturated rings. The quantitative estimate of drug-likeness (QED) is 0.268. The largest absolute Gasteiger partial charge is 0.481 e.